The Morgan fingerprint density at radius 3 is 2.40 bits per heavy atom. The van der Waals surface area contributed by atoms with Crippen LogP contribution in [-0.4, -0.2) is 43.4 Å². The second-order valence-electron chi connectivity index (χ2n) is 11.0. The van der Waals surface area contributed by atoms with Crippen LogP contribution < -0.4 is 10.6 Å². The van der Waals surface area contributed by atoms with Crippen LogP contribution in [0.2, 0.25) is 0 Å². The van der Waals surface area contributed by atoms with Crippen LogP contribution in [-0.2, 0) is 11.8 Å². The third kappa shape index (κ3) is 3.95. The number of amides is 2. The smallest absolute Gasteiger partial charge is 0.294 e. The molecule has 0 saturated heterocycles. The van der Waals surface area contributed by atoms with E-state index in [9.17, 15) is 23.9 Å². The highest BCUT2D eigenvalue weighted by Crippen LogP contribution is 2.57. The third-order valence-corrected chi connectivity index (χ3v) is 8.26. The third-order valence-electron chi connectivity index (χ3n) is 8.26. The van der Waals surface area contributed by atoms with Crippen molar-refractivity contribution in [1.82, 2.24) is 14.9 Å². The van der Waals surface area contributed by atoms with Crippen LogP contribution in [0, 0.1) is 38.6 Å². The number of anilines is 1. The molecular formula is C26H31FN4O4. The van der Waals surface area contributed by atoms with Gasteiger partial charge in [-0.15, -0.1) is 0 Å². The van der Waals surface area contributed by atoms with Crippen LogP contribution in [0.4, 0.5) is 10.1 Å². The van der Waals surface area contributed by atoms with E-state index in [2.05, 4.69) is 15.6 Å². The number of halogens is 1. The molecule has 35 heavy (non-hydrogen) atoms. The van der Waals surface area contributed by atoms with Crippen molar-refractivity contribution in [3.63, 3.8) is 0 Å². The highest BCUT2D eigenvalue weighted by atomic mass is 19.1. The Kier molecular flexibility index (Phi) is 5.39. The number of Topliss-reactive ketones (excluding diaryl/α,β-unsaturated/α-hetero) is 1. The SMILES string of the molecule is Cc1cc(NC(=O)c2c(C)c(C(=O)C(=O)NC34CC5CC(CC(O)(C5)C3)C4)n(C)c2C)cnc1F. The molecule has 4 aliphatic carbocycles. The number of ketones is 1. The van der Waals surface area contributed by atoms with E-state index >= 15 is 0 Å². The van der Waals surface area contributed by atoms with Crippen molar-refractivity contribution < 1.29 is 23.9 Å². The van der Waals surface area contributed by atoms with Crippen molar-refractivity contribution >= 4 is 23.3 Å². The van der Waals surface area contributed by atoms with Gasteiger partial charge in [-0.3, -0.25) is 14.4 Å². The van der Waals surface area contributed by atoms with E-state index < -0.39 is 34.7 Å². The van der Waals surface area contributed by atoms with Gasteiger partial charge in [-0.05, 0) is 82.8 Å². The highest BCUT2D eigenvalue weighted by Gasteiger charge is 2.58. The standard InChI is InChI=1S/C26H31FN4O4/c1-13-5-18(11-28-22(13)27)29-23(33)19-14(2)20(31(4)15(19)3)21(32)24(34)30-25-7-16-6-17(8-25)10-26(35,9-16)12-25/h5,11,16-17,35H,6-10,12H2,1-4H3,(H,29,33)(H,30,34). The molecule has 0 aromatic carbocycles. The molecule has 6 rings (SSSR count). The van der Waals surface area contributed by atoms with E-state index in [1.165, 1.54) is 12.3 Å². The number of carbonyl (C=O) groups excluding carboxylic acids is 3. The first kappa shape index (κ1) is 23.7. The zero-order valence-corrected chi connectivity index (χ0v) is 20.5. The Morgan fingerprint density at radius 1 is 1.14 bits per heavy atom. The van der Waals surface area contributed by atoms with Crippen LogP contribution in [0.15, 0.2) is 12.3 Å². The Morgan fingerprint density at radius 2 is 1.80 bits per heavy atom. The zero-order valence-electron chi connectivity index (χ0n) is 20.5. The minimum atomic E-state index is -0.753. The number of rotatable bonds is 5. The molecule has 0 spiro atoms. The van der Waals surface area contributed by atoms with Crippen LogP contribution in [0.1, 0.15) is 76.2 Å². The fourth-order valence-electron chi connectivity index (χ4n) is 7.22. The van der Waals surface area contributed by atoms with E-state index in [0.717, 1.165) is 32.1 Å². The van der Waals surface area contributed by atoms with Gasteiger partial charge in [0, 0.05) is 23.8 Å². The molecule has 9 heteroatoms. The predicted molar refractivity (Wildman–Crippen MR) is 127 cm³/mol. The second-order valence-corrected chi connectivity index (χ2v) is 11.0. The predicted octanol–water partition coefficient (Wildman–Crippen LogP) is 3.12. The summed E-state index contributed by atoms with van der Waals surface area (Å²) < 4.78 is 15.0. The van der Waals surface area contributed by atoms with Gasteiger partial charge in [-0.25, -0.2) is 4.98 Å². The molecule has 2 heterocycles. The van der Waals surface area contributed by atoms with Gasteiger partial charge < -0.3 is 20.3 Å². The number of aryl methyl sites for hydroxylation is 1. The number of hydrogen-bond donors (Lipinski definition) is 3. The van der Waals surface area contributed by atoms with Crippen molar-refractivity contribution in [2.24, 2.45) is 18.9 Å². The van der Waals surface area contributed by atoms with Gasteiger partial charge in [0.25, 0.3) is 17.6 Å². The molecule has 0 radical (unpaired) electrons. The van der Waals surface area contributed by atoms with E-state index in [4.69, 9.17) is 0 Å². The first-order chi connectivity index (χ1) is 16.4. The van der Waals surface area contributed by atoms with Gasteiger partial charge in [-0.1, -0.05) is 0 Å². The van der Waals surface area contributed by atoms with Crippen LogP contribution in [0.25, 0.3) is 0 Å². The van der Waals surface area contributed by atoms with E-state index in [1.807, 2.05) is 0 Å². The number of carbonyl (C=O) groups is 3. The average molecular weight is 483 g/mol. The topological polar surface area (TPSA) is 113 Å². The molecule has 0 aliphatic heterocycles. The second kappa shape index (κ2) is 7.98. The summed E-state index contributed by atoms with van der Waals surface area (Å²) in [7, 11) is 1.65. The Hall–Kier alpha value is -3.07. The molecule has 2 aromatic rings. The molecule has 4 saturated carbocycles. The van der Waals surface area contributed by atoms with Crippen LogP contribution >= 0.6 is 0 Å². The Balaban J connectivity index is 1.38. The van der Waals surface area contributed by atoms with Gasteiger partial charge in [0.1, 0.15) is 0 Å². The fraction of sp³-hybridized carbons (Fsp3) is 0.538. The highest BCUT2D eigenvalue weighted by molar-refractivity contribution is 6.43. The summed E-state index contributed by atoms with van der Waals surface area (Å²) in [6.45, 7) is 4.90. The maximum Gasteiger partial charge on any atom is 0.294 e. The zero-order chi connectivity index (χ0) is 25.3. The molecule has 2 aromatic heterocycles. The number of nitrogens with one attached hydrogen (secondary N) is 2. The molecule has 4 aliphatic rings. The minimum Gasteiger partial charge on any atom is -0.390 e. The lowest BCUT2D eigenvalue weighted by molar-refractivity contribution is -0.149. The summed E-state index contributed by atoms with van der Waals surface area (Å²) in [6, 6.07) is 1.48. The molecule has 4 fully saturated rings. The van der Waals surface area contributed by atoms with E-state index in [-0.39, 0.29) is 11.3 Å². The maximum absolute atomic E-state index is 13.5. The normalized spacial score (nSPS) is 28.7. The molecule has 4 bridgehead atoms. The van der Waals surface area contributed by atoms with Crippen LogP contribution in [0.5, 0.6) is 0 Å². The van der Waals surface area contributed by atoms with Crippen molar-refractivity contribution in [3.05, 3.63) is 46.3 Å². The molecule has 8 nitrogen and oxygen atoms in total. The molecule has 3 N–H and O–H groups in total. The number of aromatic nitrogens is 2. The van der Waals surface area contributed by atoms with Crippen molar-refractivity contribution in [3.8, 4) is 0 Å². The molecule has 2 atom stereocenters. The van der Waals surface area contributed by atoms with Gasteiger partial charge in [-0.2, -0.15) is 4.39 Å². The summed E-state index contributed by atoms with van der Waals surface area (Å²) in [6.07, 6.45) is 5.90. The van der Waals surface area contributed by atoms with Crippen molar-refractivity contribution in [2.75, 3.05) is 5.32 Å². The van der Waals surface area contributed by atoms with E-state index in [1.54, 1.807) is 32.4 Å². The Labute approximate surface area is 203 Å². The van der Waals surface area contributed by atoms with E-state index in [0.29, 0.717) is 40.8 Å². The number of aliphatic hydroxyl groups is 1. The summed E-state index contributed by atoms with van der Waals surface area (Å²) >= 11 is 0. The fourth-order valence-corrected chi connectivity index (χ4v) is 7.22. The van der Waals surface area contributed by atoms with Gasteiger partial charge in [0.2, 0.25) is 5.95 Å². The Bertz CT molecular complexity index is 1250. The lowest BCUT2D eigenvalue weighted by atomic mass is 9.51. The lowest BCUT2D eigenvalue weighted by Gasteiger charge is -2.60. The summed E-state index contributed by atoms with van der Waals surface area (Å²) in [5.41, 5.74) is 0.708. The van der Waals surface area contributed by atoms with Gasteiger partial charge in [0.15, 0.2) is 0 Å². The number of pyridine rings is 1. The molecule has 186 valence electrons. The quantitative estimate of drug-likeness (QED) is 0.344. The van der Waals surface area contributed by atoms with Crippen molar-refractivity contribution in [1.29, 1.82) is 0 Å². The largest absolute Gasteiger partial charge is 0.390 e. The first-order valence-electron chi connectivity index (χ1n) is 12.1. The minimum absolute atomic E-state index is 0.155. The maximum atomic E-state index is 13.5. The van der Waals surface area contributed by atoms with Gasteiger partial charge >= 0.3 is 0 Å². The average Bonchev–Trinajstić information content (AvgIpc) is 2.96. The number of nitrogens with zero attached hydrogens (tertiary/aromatic N) is 2. The van der Waals surface area contributed by atoms with Gasteiger partial charge in [0.05, 0.1) is 28.7 Å². The molecule has 2 amide bonds. The summed E-state index contributed by atoms with van der Waals surface area (Å²) in [5, 5.41) is 16.7. The molecular weight excluding hydrogens is 451 g/mol. The summed E-state index contributed by atoms with van der Waals surface area (Å²) in [5.74, 6) is -1.74. The number of hydrogen-bond acceptors (Lipinski definition) is 5. The lowest BCUT2D eigenvalue weighted by Crippen LogP contribution is -2.66. The monoisotopic (exact) mass is 482 g/mol. The first-order valence-corrected chi connectivity index (χ1v) is 12.1. The summed E-state index contributed by atoms with van der Waals surface area (Å²) in [4.78, 5) is 43.2. The molecule has 2 unspecified atom stereocenters. The van der Waals surface area contributed by atoms with Crippen LogP contribution in [0.3, 0.4) is 0 Å². The van der Waals surface area contributed by atoms with Crippen molar-refractivity contribution in [2.45, 2.75) is 70.4 Å².